The summed E-state index contributed by atoms with van der Waals surface area (Å²) in [6, 6.07) is 0. The zero-order chi connectivity index (χ0) is 18.6. The second-order valence-electron chi connectivity index (χ2n) is 6.01. The van der Waals surface area contributed by atoms with Gasteiger partial charge in [-0.2, -0.15) is 17.6 Å². The van der Waals surface area contributed by atoms with Crippen molar-refractivity contribution < 1.29 is 40.2 Å². The van der Waals surface area contributed by atoms with Gasteiger partial charge < -0.3 is 9.47 Å². The molecule has 0 radical (unpaired) electrons. The van der Waals surface area contributed by atoms with Crippen molar-refractivity contribution in [3.63, 3.8) is 0 Å². The average Bonchev–Trinajstić information content (AvgIpc) is 2.45. The molecule has 1 rings (SSSR count). The summed E-state index contributed by atoms with van der Waals surface area (Å²) in [4.78, 5) is 11.4. The molecule has 0 aromatic rings. The maximum absolute atomic E-state index is 13.2. The first kappa shape index (κ1) is 21.1. The molecule has 1 aliphatic rings. The lowest BCUT2D eigenvalue weighted by atomic mass is 9.95. The quantitative estimate of drug-likeness (QED) is 0.480. The van der Waals surface area contributed by atoms with Crippen molar-refractivity contribution in [1.29, 1.82) is 0 Å². The number of rotatable bonds is 8. The predicted molar refractivity (Wildman–Crippen MR) is 77.7 cm³/mol. The smallest absolute Gasteiger partial charge is 0.419 e. The molecular weight excluding hydrogens is 356 g/mol. The lowest BCUT2D eigenvalue weighted by Crippen LogP contribution is -2.42. The number of alkyl halides is 4. The van der Waals surface area contributed by atoms with E-state index in [9.17, 15) is 30.8 Å². The molecule has 1 aliphatic heterocycles. The predicted octanol–water partition coefficient (Wildman–Crippen LogP) is 2.79. The van der Waals surface area contributed by atoms with Crippen LogP contribution in [-0.2, 0) is 24.1 Å². The summed E-state index contributed by atoms with van der Waals surface area (Å²) in [5.41, 5.74) is 0. The Morgan fingerprint density at radius 3 is 2.21 bits per heavy atom. The van der Waals surface area contributed by atoms with Crippen LogP contribution in [0.3, 0.4) is 0 Å². The fourth-order valence-electron chi connectivity index (χ4n) is 2.29. The maximum atomic E-state index is 13.2. The molecule has 1 heterocycles. The van der Waals surface area contributed by atoms with Crippen LogP contribution >= 0.6 is 0 Å². The average molecular weight is 378 g/mol. The summed E-state index contributed by atoms with van der Waals surface area (Å²) in [5.74, 6) is -5.27. The summed E-state index contributed by atoms with van der Waals surface area (Å²) in [6.07, 6.45) is -5.11. The molecule has 1 saturated heterocycles. The van der Waals surface area contributed by atoms with Gasteiger partial charge in [0.05, 0.1) is 18.1 Å². The molecule has 10 heteroatoms. The van der Waals surface area contributed by atoms with Gasteiger partial charge in [0.15, 0.2) is 0 Å². The Morgan fingerprint density at radius 1 is 1.21 bits per heavy atom. The Bertz CT molecular complexity index is 516. The third-order valence-electron chi connectivity index (χ3n) is 3.82. The summed E-state index contributed by atoms with van der Waals surface area (Å²) < 4.78 is 83.7. The third kappa shape index (κ3) is 6.54. The minimum absolute atomic E-state index is 0.00409. The van der Waals surface area contributed by atoms with Gasteiger partial charge in [0.1, 0.15) is 15.9 Å². The first-order valence-corrected chi connectivity index (χ1v) is 9.48. The Labute approximate surface area is 138 Å². The molecular formula is C14H22F4O5S. The minimum Gasteiger partial charge on any atom is -0.460 e. The number of hydrogen-bond acceptors (Lipinski definition) is 5. The number of sulfone groups is 1. The number of hydrogen-bond donors (Lipinski definition) is 0. The van der Waals surface area contributed by atoms with E-state index in [0.29, 0.717) is 12.8 Å². The van der Waals surface area contributed by atoms with E-state index < -0.39 is 40.5 Å². The van der Waals surface area contributed by atoms with E-state index in [4.69, 9.17) is 4.74 Å². The first-order chi connectivity index (χ1) is 10.9. The Balaban J connectivity index is 2.66. The van der Waals surface area contributed by atoms with Gasteiger partial charge in [-0.25, -0.2) is 8.42 Å². The van der Waals surface area contributed by atoms with Crippen molar-refractivity contribution in [2.75, 3.05) is 18.1 Å². The largest absolute Gasteiger partial charge is 0.460 e. The van der Waals surface area contributed by atoms with Crippen LogP contribution in [0.4, 0.5) is 17.6 Å². The van der Waals surface area contributed by atoms with Crippen LogP contribution in [0.1, 0.15) is 39.5 Å². The highest BCUT2D eigenvalue weighted by molar-refractivity contribution is 7.91. The van der Waals surface area contributed by atoms with Gasteiger partial charge in [0.25, 0.3) is 0 Å². The standard InChI is InChI=1S/C14H22F4O5S/c1-3-12(19)23-11(9-22-14(17,18)13(2,15)16)8-10-4-6-24(20,21)7-5-10/h10-11H,3-9H2,1-2H3. The Morgan fingerprint density at radius 2 is 1.75 bits per heavy atom. The van der Waals surface area contributed by atoms with Gasteiger partial charge in [0, 0.05) is 13.3 Å². The van der Waals surface area contributed by atoms with E-state index in [1.54, 1.807) is 0 Å². The molecule has 0 bridgehead atoms. The molecule has 5 nitrogen and oxygen atoms in total. The summed E-state index contributed by atoms with van der Waals surface area (Å²) in [7, 11) is -3.09. The molecule has 1 atom stereocenters. The molecule has 24 heavy (non-hydrogen) atoms. The molecule has 1 fully saturated rings. The molecule has 0 amide bonds. The van der Waals surface area contributed by atoms with E-state index in [1.165, 1.54) is 6.92 Å². The first-order valence-electron chi connectivity index (χ1n) is 7.66. The molecule has 1 unspecified atom stereocenters. The van der Waals surface area contributed by atoms with Gasteiger partial charge in [0.2, 0.25) is 0 Å². The van der Waals surface area contributed by atoms with Crippen LogP contribution in [-0.4, -0.2) is 50.6 Å². The van der Waals surface area contributed by atoms with Crippen LogP contribution < -0.4 is 0 Å². The third-order valence-corrected chi connectivity index (χ3v) is 5.53. The number of halogens is 4. The second kappa shape index (κ2) is 7.99. The lowest BCUT2D eigenvalue weighted by molar-refractivity contribution is -0.346. The molecule has 142 valence electrons. The normalized spacial score (nSPS) is 20.6. The Kier molecular flexibility index (Phi) is 7.04. The fourth-order valence-corrected chi connectivity index (χ4v) is 3.88. The van der Waals surface area contributed by atoms with E-state index in [-0.39, 0.29) is 37.2 Å². The molecule has 0 saturated carbocycles. The van der Waals surface area contributed by atoms with Gasteiger partial charge in [-0.1, -0.05) is 6.92 Å². The van der Waals surface area contributed by atoms with Crippen molar-refractivity contribution >= 4 is 15.8 Å². The van der Waals surface area contributed by atoms with Crippen LogP contribution in [0.5, 0.6) is 0 Å². The SMILES string of the molecule is CCC(=O)OC(COC(F)(F)C(C)(F)F)CC1CCS(=O)(=O)CC1. The minimum atomic E-state index is -4.68. The number of carbonyl (C=O) groups excluding carboxylic acids is 1. The maximum Gasteiger partial charge on any atom is 0.419 e. The number of ether oxygens (including phenoxy) is 2. The van der Waals surface area contributed by atoms with Gasteiger partial charge >= 0.3 is 18.0 Å². The van der Waals surface area contributed by atoms with Crippen molar-refractivity contribution in [2.24, 2.45) is 5.92 Å². The van der Waals surface area contributed by atoms with E-state index in [0.717, 1.165) is 0 Å². The molecule has 0 spiro atoms. The number of carbonyl (C=O) groups is 1. The van der Waals surface area contributed by atoms with Crippen molar-refractivity contribution in [3.8, 4) is 0 Å². The zero-order valence-electron chi connectivity index (χ0n) is 13.6. The van der Waals surface area contributed by atoms with Crippen molar-refractivity contribution in [3.05, 3.63) is 0 Å². The topological polar surface area (TPSA) is 69.7 Å². The summed E-state index contributed by atoms with van der Waals surface area (Å²) >= 11 is 0. The van der Waals surface area contributed by atoms with Crippen LogP contribution in [0.15, 0.2) is 0 Å². The molecule has 0 aromatic heterocycles. The molecule has 0 N–H and O–H groups in total. The van der Waals surface area contributed by atoms with Gasteiger partial charge in [-0.15, -0.1) is 0 Å². The Hall–Kier alpha value is -0.900. The van der Waals surface area contributed by atoms with E-state index in [2.05, 4.69) is 4.74 Å². The molecule has 0 aliphatic carbocycles. The highest BCUT2D eigenvalue weighted by Gasteiger charge is 2.54. The zero-order valence-corrected chi connectivity index (χ0v) is 14.4. The van der Waals surface area contributed by atoms with Gasteiger partial charge in [-0.3, -0.25) is 4.79 Å². The summed E-state index contributed by atoms with van der Waals surface area (Å²) in [6.45, 7) is 0.652. The van der Waals surface area contributed by atoms with E-state index in [1.807, 2.05) is 0 Å². The fraction of sp³-hybridized carbons (Fsp3) is 0.929. The summed E-state index contributed by atoms with van der Waals surface area (Å²) in [5, 5.41) is 0. The van der Waals surface area contributed by atoms with Crippen LogP contribution in [0, 0.1) is 5.92 Å². The highest BCUT2D eigenvalue weighted by atomic mass is 32.2. The van der Waals surface area contributed by atoms with Crippen LogP contribution in [0.25, 0.3) is 0 Å². The lowest BCUT2D eigenvalue weighted by Gasteiger charge is -2.29. The monoisotopic (exact) mass is 378 g/mol. The highest BCUT2D eigenvalue weighted by Crippen LogP contribution is 2.35. The van der Waals surface area contributed by atoms with Crippen LogP contribution in [0.2, 0.25) is 0 Å². The van der Waals surface area contributed by atoms with E-state index >= 15 is 0 Å². The second-order valence-corrected chi connectivity index (χ2v) is 8.32. The molecule has 0 aromatic carbocycles. The van der Waals surface area contributed by atoms with Crippen molar-refractivity contribution in [2.45, 2.75) is 57.7 Å². The number of esters is 1. The van der Waals surface area contributed by atoms with Gasteiger partial charge in [-0.05, 0) is 25.2 Å². The van der Waals surface area contributed by atoms with Crippen molar-refractivity contribution in [1.82, 2.24) is 0 Å².